The molecule has 3 N–H and O–H groups in total. The summed E-state index contributed by atoms with van der Waals surface area (Å²) in [4.78, 5) is 25.6. The average Bonchev–Trinajstić information content (AvgIpc) is 3.10. The molecule has 1 aliphatic heterocycles. The van der Waals surface area contributed by atoms with E-state index in [1.54, 1.807) is 36.1 Å². The Kier molecular flexibility index (Phi) is 6.25. The number of hydrazone groups is 1. The molecule has 128 valence electrons. The van der Waals surface area contributed by atoms with Gasteiger partial charge in [0.2, 0.25) is 0 Å². The van der Waals surface area contributed by atoms with Gasteiger partial charge < -0.3 is 15.4 Å². The third kappa shape index (κ3) is 4.51. The SMILES string of the molecule is CCOC(=O)c1ccc(N/N=C(/C(=O)N2CCCC2)C(N)=S)cc1. The first kappa shape index (κ1) is 17.9. The van der Waals surface area contributed by atoms with Gasteiger partial charge in [-0.15, -0.1) is 0 Å². The summed E-state index contributed by atoms with van der Waals surface area (Å²) in [5, 5.41) is 4.04. The number of carbonyl (C=O) groups is 2. The van der Waals surface area contributed by atoms with Crippen LogP contribution in [0.3, 0.4) is 0 Å². The van der Waals surface area contributed by atoms with Gasteiger partial charge in [0, 0.05) is 13.1 Å². The fourth-order valence-electron chi connectivity index (χ4n) is 2.29. The van der Waals surface area contributed by atoms with E-state index >= 15 is 0 Å². The molecule has 0 saturated carbocycles. The van der Waals surface area contributed by atoms with Crippen LogP contribution in [0.4, 0.5) is 5.69 Å². The van der Waals surface area contributed by atoms with Crippen LogP contribution in [-0.4, -0.2) is 47.2 Å². The third-order valence-corrected chi connectivity index (χ3v) is 3.72. The molecule has 0 spiro atoms. The van der Waals surface area contributed by atoms with E-state index in [-0.39, 0.29) is 22.6 Å². The molecule has 1 aromatic carbocycles. The van der Waals surface area contributed by atoms with Crippen molar-refractivity contribution in [3.05, 3.63) is 29.8 Å². The highest BCUT2D eigenvalue weighted by atomic mass is 32.1. The second-order valence-electron chi connectivity index (χ2n) is 5.23. The highest BCUT2D eigenvalue weighted by Crippen LogP contribution is 2.12. The van der Waals surface area contributed by atoms with Crippen molar-refractivity contribution in [2.24, 2.45) is 10.8 Å². The van der Waals surface area contributed by atoms with Crippen LogP contribution in [0.1, 0.15) is 30.1 Å². The maximum Gasteiger partial charge on any atom is 0.338 e. The van der Waals surface area contributed by atoms with Crippen LogP contribution in [0.5, 0.6) is 0 Å². The van der Waals surface area contributed by atoms with Gasteiger partial charge in [0.1, 0.15) is 4.99 Å². The molecule has 0 radical (unpaired) electrons. The predicted molar refractivity (Wildman–Crippen MR) is 96.1 cm³/mol. The fourth-order valence-corrected chi connectivity index (χ4v) is 2.43. The van der Waals surface area contributed by atoms with E-state index in [1.807, 2.05) is 0 Å². The smallest absolute Gasteiger partial charge is 0.338 e. The Bertz CT molecular complexity index is 652. The Morgan fingerprint density at radius 1 is 1.29 bits per heavy atom. The Morgan fingerprint density at radius 3 is 2.46 bits per heavy atom. The molecule has 1 fully saturated rings. The zero-order chi connectivity index (χ0) is 17.5. The number of ether oxygens (including phenoxy) is 1. The number of rotatable bonds is 6. The van der Waals surface area contributed by atoms with E-state index in [2.05, 4.69) is 10.5 Å². The van der Waals surface area contributed by atoms with Crippen LogP contribution >= 0.6 is 12.2 Å². The molecular weight excluding hydrogens is 328 g/mol. The number of nitrogens with one attached hydrogen (secondary N) is 1. The minimum Gasteiger partial charge on any atom is -0.462 e. The summed E-state index contributed by atoms with van der Waals surface area (Å²) >= 11 is 4.93. The first-order chi connectivity index (χ1) is 11.5. The number of amides is 1. The quantitative estimate of drug-likeness (QED) is 0.350. The summed E-state index contributed by atoms with van der Waals surface area (Å²) < 4.78 is 4.92. The van der Waals surface area contributed by atoms with Crippen molar-refractivity contribution in [2.45, 2.75) is 19.8 Å². The lowest BCUT2D eigenvalue weighted by atomic mass is 10.2. The van der Waals surface area contributed by atoms with Crippen molar-refractivity contribution in [2.75, 3.05) is 25.1 Å². The standard InChI is InChI=1S/C16H20N4O3S/c1-2-23-16(22)11-5-7-12(8-6-11)18-19-13(14(17)24)15(21)20-9-3-4-10-20/h5-8,18H,2-4,9-10H2,1H3,(H2,17,24)/b19-13+. The number of likely N-dealkylation sites (tertiary alicyclic amines) is 1. The van der Waals surface area contributed by atoms with Gasteiger partial charge in [0.25, 0.3) is 5.91 Å². The lowest BCUT2D eigenvalue weighted by Gasteiger charge is -2.16. The maximum absolute atomic E-state index is 12.4. The molecule has 1 aliphatic rings. The summed E-state index contributed by atoms with van der Waals surface area (Å²) in [7, 11) is 0. The number of nitrogens with two attached hydrogens (primary N) is 1. The molecule has 1 aromatic rings. The number of hydrogen-bond donors (Lipinski definition) is 2. The zero-order valence-electron chi connectivity index (χ0n) is 13.4. The zero-order valence-corrected chi connectivity index (χ0v) is 14.3. The molecule has 0 atom stereocenters. The normalized spacial score (nSPS) is 14.4. The summed E-state index contributed by atoms with van der Waals surface area (Å²) in [5.74, 6) is -0.656. The number of esters is 1. The minimum atomic E-state index is -0.388. The number of benzene rings is 1. The van der Waals surface area contributed by atoms with Gasteiger partial charge in [-0.3, -0.25) is 10.2 Å². The molecule has 0 bridgehead atoms. The van der Waals surface area contributed by atoms with E-state index in [4.69, 9.17) is 22.7 Å². The molecule has 1 amide bonds. The second kappa shape index (κ2) is 8.39. The molecule has 2 rings (SSSR count). The van der Waals surface area contributed by atoms with E-state index < -0.39 is 0 Å². The molecule has 1 saturated heterocycles. The van der Waals surface area contributed by atoms with Crippen LogP contribution in [0.2, 0.25) is 0 Å². The van der Waals surface area contributed by atoms with Crippen molar-refractivity contribution < 1.29 is 14.3 Å². The van der Waals surface area contributed by atoms with Crippen molar-refractivity contribution in [1.29, 1.82) is 0 Å². The largest absolute Gasteiger partial charge is 0.462 e. The Labute approximate surface area is 145 Å². The monoisotopic (exact) mass is 348 g/mol. The molecule has 0 aromatic heterocycles. The van der Waals surface area contributed by atoms with Gasteiger partial charge in [-0.1, -0.05) is 12.2 Å². The molecule has 8 heteroatoms. The van der Waals surface area contributed by atoms with Gasteiger partial charge in [-0.2, -0.15) is 5.10 Å². The van der Waals surface area contributed by atoms with Crippen LogP contribution in [0.15, 0.2) is 29.4 Å². The van der Waals surface area contributed by atoms with Crippen LogP contribution in [0, 0.1) is 0 Å². The first-order valence-corrected chi connectivity index (χ1v) is 8.13. The topological polar surface area (TPSA) is 97.0 Å². The molecule has 0 aliphatic carbocycles. The highest BCUT2D eigenvalue weighted by Gasteiger charge is 2.24. The highest BCUT2D eigenvalue weighted by molar-refractivity contribution is 7.82. The summed E-state index contributed by atoms with van der Waals surface area (Å²) in [5.41, 5.74) is 9.44. The molecule has 0 unspecified atom stereocenters. The Hall–Kier alpha value is -2.48. The van der Waals surface area contributed by atoms with Crippen molar-refractivity contribution in [1.82, 2.24) is 4.90 Å². The fraction of sp³-hybridized carbons (Fsp3) is 0.375. The molecule has 7 nitrogen and oxygen atoms in total. The van der Waals surface area contributed by atoms with Crippen LogP contribution < -0.4 is 11.2 Å². The maximum atomic E-state index is 12.4. The average molecular weight is 348 g/mol. The molecular formula is C16H20N4O3S. The molecule has 24 heavy (non-hydrogen) atoms. The van der Waals surface area contributed by atoms with Crippen molar-refractivity contribution >= 4 is 40.5 Å². The van der Waals surface area contributed by atoms with Crippen molar-refractivity contribution in [3.8, 4) is 0 Å². The second-order valence-corrected chi connectivity index (χ2v) is 5.67. The lowest BCUT2D eigenvalue weighted by molar-refractivity contribution is -0.122. The summed E-state index contributed by atoms with van der Waals surface area (Å²) in [6, 6.07) is 6.54. The Morgan fingerprint density at radius 2 is 1.92 bits per heavy atom. The van der Waals surface area contributed by atoms with E-state index in [0.29, 0.717) is 30.9 Å². The Balaban J connectivity index is 2.07. The number of anilines is 1. The van der Waals surface area contributed by atoms with Crippen molar-refractivity contribution in [3.63, 3.8) is 0 Å². The van der Waals surface area contributed by atoms with E-state index in [9.17, 15) is 9.59 Å². The summed E-state index contributed by atoms with van der Waals surface area (Å²) in [6.07, 6.45) is 1.94. The third-order valence-electron chi connectivity index (χ3n) is 3.52. The van der Waals surface area contributed by atoms with Gasteiger partial charge in [-0.25, -0.2) is 4.79 Å². The van der Waals surface area contributed by atoms with Gasteiger partial charge >= 0.3 is 5.97 Å². The number of thiocarbonyl (C=S) groups is 1. The van der Waals surface area contributed by atoms with Gasteiger partial charge in [0.05, 0.1) is 17.9 Å². The van der Waals surface area contributed by atoms with Gasteiger partial charge in [-0.05, 0) is 44.0 Å². The van der Waals surface area contributed by atoms with Crippen LogP contribution in [0.25, 0.3) is 0 Å². The first-order valence-electron chi connectivity index (χ1n) is 7.73. The van der Waals surface area contributed by atoms with E-state index in [0.717, 1.165) is 12.8 Å². The number of carbonyl (C=O) groups excluding carboxylic acids is 2. The van der Waals surface area contributed by atoms with Gasteiger partial charge in [0.15, 0.2) is 5.71 Å². The predicted octanol–water partition coefficient (Wildman–Crippen LogP) is 1.54. The molecule has 1 heterocycles. The lowest BCUT2D eigenvalue weighted by Crippen LogP contribution is -2.40. The number of hydrogen-bond acceptors (Lipinski definition) is 6. The van der Waals surface area contributed by atoms with Crippen LogP contribution in [-0.2, 0) is 9.53 Å². The van der Waals surface area contributed by atoms with E-state index in [1.165, 1.54) is 0 Å². The minimum absolute atomic E-state index is 0.0290. The number of nitrogens with zero attached hydrogens (tertiary/aromatic N) is 2. The summed E-state index contributed by atoms with van der Waals surface area (Å²) in [6.45, 7) is 3.44.